The Morgan fingerprint density at radius 1 is 0.755 bits per heavy atom. The van der Waals surface area contributed by atoms with Crippen molar-refractivity contribution in [1.29, 1.82) is 0 Å². The molecule has 0 saturated carbocycles. The van der Waals surface area contributed by atoms with Gasteiger partial charge >= 0.3 is 292 Å². The van der Waals surface area contributed by atoms with E-state index in [9.17, 15) is 0 Å². The summed E-state index contributed by atoms with van der Waals surface area (Å²) in [5.74, 6) is 1.04. The molecule has 0 nitrogen and oxygen atoms in total. The minimum atomic E-state index is -2.62. The maximum Gasteiger partial charge on any atom is -1.00 e. The van der Waals surface area contributed by atoms with Crippen molar-refractivity contribution >= 4 is 25.6 Å². The fraction of sp³-hybridized carbons (Fsp3) is 0.326. The van der Waals surface area contributed by atoms with Crippen molar-refractivity contribution in [3.8, 4) is 11.1 Å². The molecule has 4 aromatic carbocycles. The van der Waals surface area contributed by atoms with Gasteiger partial charge in [0.15, 0.2) is 0 Å². The molecule has 4 aliphatic rings. The third-order valence-corrected chi connectivity index (χ3v) is 20.7. The third-order valence-electron chi connectivity index (χ3n) is 12.0. The van der Waals surface area contributed by atoms with E-state index < -0.39 is 21.3 Å². The van der Waals surface area contributed by atoms with Crippen LogP contribution in [0.2, 0.25) is 0 Å². The van der Waals surface area contributed by atoms with E-state index in [0.717, 1.165) is 6.42 Å². The molecule has 0 spiro atoms. The van der Waals surface area contributed by atoms with Crippen LogP contribution in [0.15, 0.2) is 96.6 Å². The van der Waals surface area contributed by atoms with Crippen LogP contribution in [0.1, 0.15) is 108 Å². The predicted octanol–water partition coefficient (Wildman–Crippen LogP) is 6.11. The van der Waals surface area contributed by atoms with Crippen LogP contribution in [-0.2, 0) is 38.5 Å². The molecule has 8 rings (SSSR count). The van der Waals surface area contributed by atoms with E-state index in [1.54, 1.807) is 28.8 Å². The van der Waals surface area contributed by atoms with Gasteiger partial charge in [-0.2, -0.15) is 0 Å². The van der Waals surface area contributed by atoms with Crippen molar-refractivity contribution in [3.05, 3.63) is 136 Å². The number of hydrogen-bond acceptors (Lipinski definition) is 0. The third kappa shape index (κ3) is 5.45. The van der Waals surface area contributed by atoms with E-state index in [4.69, 9.17) is 0 Å². The topological polar surface area (TPSA) is 0 Å². The Bertz CT molecular complexity index is 2230. The van der Waals surface area contributed by atoms with E-state index in [0.29, 0.717) is 11.8 Å². The number of hydrogen-bond donors (Lipinski definition) is 0. The van der Waals surface area contributed by atoms with Crippen LogP contribution >= 0.6 is 0 Å². The Morgan fingerprint density at radius 2 is 1.39 bits per heavy atom. The second-order valence-electron chi connectivity index (χ2n) is 16.2. The number of allylic oxidation sites excluding steroid dienone is 8. The zero-order chi connectivity index (χ0) is 33.2. The van der Waals surface area contributed by atoms with Crippen LogP contribution in [-0.4, -0.2) is 3.71 Å². The molecular formula is C46H48Cl2Zr. The zero-order valence-corrected chi connectivity index (χ0v) is 34.7. The van der Waals surface area contributed by atoms with E-state index in [1.165, 1.54) is 60.9 Å². The molecule has 0 bridgehead atoms. The summed E-state index contributed by atoms with van der Waals surface area (Å²) in [6.45, 7) is 24.2. The first kappa shape index (κ1) is 36.2. The van der Waals surface area contributed by atoms with Gasteiger partial charge in [-0.3, -0.25) is 0 Å². The normalized spacial score (nSPS) is 19.4. The second-order valence-corrected chi connectivity index (χ2v) is 21.5. The van der Waals surface area contributed by atoms with E-state index >= 15 is 0 Å². The Kier molecular flexibility index (Phi) is 9.30. The molecule has 0 saturated heterocycles. The SMILES string of the molecule is CC1=CC(C)(C)c2cc3c(cc21)-c1cc2c(cc1C3)C(C)(C)[C]([Zr+2](=[CH]c1cccc3ccccc13)[C]1=C(C)C(C(C)C)=CC1C)=C2C.[Cl-].[Cl-]. The summed E-state index contributed by atoms with van der Waals surface area (Å²) in [6.07, 6.45) is 6.10. The monoisotopic (exact) mass is 760 g/mol. The molecule has 0 amide bonds. The van der Waals surface area contributed by atoms with Crippen molar-refractivity contribution in [2.75, 3.05) is 0 Å². The van der Waals surface area contributed by atoms with Gasteiger partial charge < -0.3 is 24.8 Å². The Labute approximate surface area is 314 Å². The van der Waals surface area contributed by atoms with Crippen LogP contribution in [0, 0.1) is 11.8 Å². The second kappa shape index (κ2) is 12.6. The van der Waals surface area contributed by atoms with Gasteiger partial charge in [-0.05, 0) is 0 Å². The molecule has 1 unspecified atom stereocenters. The summed E-state index contributed by atoms with van der Waals surface area (Å²) < 4.78 is 6.35. The van der Waals surface area contributed by atoms with Gasteiger partial charge in [-0.15, -0.1) is 0 Å². The molecular weight excluding hydrogens is 715 g/mol. The maximum absolute atomic E-state index is 2.81. The quantitative estimate of drug-likeness (QED) is 0.208. The van der Waals surface area contributed by atoms with Gasteiger partial charge in [-0.1, -0.05) is 0 Å². The van der Waals surface area contributed by atoms with Crippen molar-refractivity contribution in [1.82, 2.24) is 0 Å². The van der Waals surface area contributed by atoms with Gasteiger partial charge in [0, 0.05) is 0 Å². The molecule has 0 N–H and O–H groups in total. The van der Waals surface area contributed by atoms with Crippen LogP contribution in [0.4, 0.5) is 0 Å². The molecule has 250 valence electrons. The molecule has 0 aliphatic heterocycles. The van der Waals surface area contributed by atoms with E-state index in [2.05, 4.69) is 152 Å². The van der Waals surface area contributed by atoms with Crippen LogP contribution in [0.5, 0.6) is 0 Å². The first-order chi connectivity index (χ1) is 22.3. The largest absolute Gasteiger partial charge is 1.00 e. The molecule has 4 aromatic rings. The number of halogens is 2. The summed E-state index contributed by atoms with van der Waals surface area (Å²) in [5.41, 5.74) is 19.6. The van der Waals surface area contributed by atoms with Crippen LogP contribution in [0.25, 0.3) is 33.0 Å². The fourth-order valence-corrected chi connectivity index (χ4v) is 18.7. The average molecular weight is 763 g/mol. The number of benzene rings is 4. The molecule has 0 radical (unpaired) electrons. The first-order valence-electron chi connectivity index (χ1n) is 17.7. The molecule has 49 heavy (non-hydrogen) atoms. The molecule has 0 aromatic heterocycles. The van der Waals surface area contributed by atoms with Gasteiger partial charge in [0.1, 0.15) is 0 Å². The van der Waals surface area contributed by atoms with E-state index in [-0.39, 0.29) is 35.6 Å². The Hall–Kier alpha value is -2.57. The van der Waals surface area contributed by atoms with Crippen molar-refractivity contribution in [2.45, 2.75) is 86.5 Å². The van der Waals surface area contributed by atoms with Crippen molar-refractivity contribution in [3.63, 3.8) is 0 Å². The molecule has 4 aliphatic carbocycles. The summed E-state index contributed by atoms with van der Waals surface area (Å²) in [5, 5.41) is 2.72. The first-order valence-corrected chi connectivity index (χ1v) is 21.6. The molecule has 1 atom stereocenters. The molecule has 0 fully saturated rings. The Balaban J connectivity index is 0.00000208. The average Bonchev–Trinajstić information content (AvgIpc) is 3.66. The summed E-state index contributed by atoms with van der Waals surface area (Å²) in [4.78, 5) is 0. The van der Waals surface area contributed by atoms with Crippen LogP contribution in [0.3, 0.4) is 0 Å². The van der Waals surface area contributed by atoms with Crippen LogP contribution < -0.4 is 24.8 Å². The predicted molar refractivity (Wildman–Crippen MR) is 201 cm³/mol. The summed E-state index contributed by atoms with van der Waals surface area (Å²) in [7, 11) is 0. The Morgan fingerprint density at radius 3 is 2.06 bits per heavy atom. The van der Waals surface area contributed by atoms with E-state index in [1.807, 2.05) is 0 Å². The number of fused-ring (bicyclic) bond motifs is 6. The molecule has 0 heterocycles. The zero-order valence-electron chi connectivity index (χ0n) is 30.7. The van der Waals surface area contributed by atoms with Gasteiger partial charge in [-0.25, -0.2) is 0 Å². The fourth-order valence-electron chi connectivity index (χ4n) is 9.81. The van der Waals surface area contributed by atoms with Crippen molar-refractivity contribution < 1.29 is 46.1 Å². The van der Waals surface area contributed by atoms with Gasteiger partial charge in [0.2, 0.25) is 0 Å². The van der Waals surface area contributed by atoms with Gasteiger partial charge in [0.25, 0.3) is 0 Å². The van der Waals surface area contributed by atoms with Gasteiger partial charge in [0.05, 0.1) is 0 Å². The maximum atomic E-state index is 2.81. The van der Waals surface area contributed by atoms with Crippen molar-refractivity contribution in [2.24, 2.45) is 11.8 Å². The number of rotatable bonds is 4. The molecule has 3 heteroatoms. The standard InChI is InChI=1S/C25H25.C11H8.C10H15.2ClH.Zr/c1-14-12-24(3,4)22-8-16-7-17-9-23-19(15(2)13-25(23,5)6)11-21(17)20(16)10-18(14)22;1-9-5-4-7-10-6-2-3-8-11(9)10;1-7(2)10-6-8(3)5-9(10)4;;;/h8-12H,7H2,1-6H3;1-8H;6-8H,1-4H3;2*1H;/q;;;;;+2/p-2. The minimum Gasteiger partial charge on any atom is -1.00 e. The minimum absolute atomic E-state index is 0. The summed E-state index contributed by atoms with van der Waals surface area (Å²) >= 11 is -2.62. The summed E-state index contributed by atoms with van der Waals surface area (Å²) in [6, 6.07) is 26.1. The smallest absolute Gasteiger partial charge is 1.00 e.